The number of halogens is 1. The van der Waals surface area contributed by atoms with E-state index in [0.29, 0.717) is 0 Å². The molecule has 0 rings (SSSR count). The Morgan fingerprint density at radius 3 is 2.83 bits per heavy atom. The van der Waals surface area contributed by atoms with E-state index in [2.05, 4.69) is 24.0 Å². The number of rotatable bonds is 8. The van der Waals surface area contributed by atoms with E-state index in [1.54, 1.807) is 0 Å². The van der Waals surface area contributed by atoms with Gasteiger partial charge < -0.3 is 0 Å². The van der Waals surface area contributed by atoms with E-state index in [9.17, 15) is 0 Å². The zero-order chi connectivity index (χ0) is 9.23. The van der Waals surface area contributed by atoms with Crippen LogP contribution in [0, 0.1) is 0 Å². The molecule has 0 aromatic heterocycles. The fourth-order valence-corrected chi connectivity index (χ4v) is 7.68. The van der Waals surface area contributed by atoms with Crippen molar-refractivity contribution in [3.8, 4) is 0 Å². The Morgan fingerprint density at radius 1 is 1.58 bits per heavy atom. The van der Waals surface area contributed by atoms with Crippen molar-refractivity contribution in [2.75, 3.05) is 24.4 Å². The van der Waals surface area contributed by atoms with Crippen molar-refractivity contribution in [1.29, 1.82) is 0 Å². The fourth-order valence-electron chi connectivity index (χ4n) is 0.780. The Bertz CT molecular complexity index is 91.5. The number of hydrogen-bond donors (Lipinski definition) is 1. The molecule has 0 aromatic rings. The van der Waals surface area contributed by atoms with E-state index >= 15 is 0 Å². The normalized spacial score (nSPS) is 13.2. The molecule has 0 heterocycles. The van der Waals surface area contributed by atoms with Crippen molar-refractivity contribution >= 4 is 52.5 Å². The molecular formula is C7H16ClNS2Sn. The molecule has 0 fully saturated rings. The molecule has 72 valence electrons. The summed E-state index contributed by atoms with van der Waals surface area (Å²) in [5, 5.41) is 3.96. The van der Waals surface area contributed by atoms with Crippen LogP contribution in [0.4, 0.5) is 0 Å². The number of nitrogens with one attached hydrogen (secondary N) is 1. The Labute approximate surface area is 98.1 Å². The molecule has 1 atom stereocenters. The second kappa shape index (κ2) is 10.8. The quantitative estimate of drug-likeness (QED) is 0.416. The van der Waals surface area contributed by atoms with Crippen LogP contribution in [-0.4, -0.2) is 49.7 Å². The van der Waals surface area contributed by atoms with Crippen molar-refractivity contribution < 1.29 is 0 Å². The Morgan fingerprint density at radius 2 is 2.33 bits per heavy atom. The molecule has 0 saturated carbocycles. The third-order valence-electron chi connectivity index (χ3n) is 1.26. The third-order valence-corrected chi connectivity index (χ3v) is 7.46. The van der Waals surface area contributed by atoms with Crippen molar-refractivity contribution in [2.45, 2.75) is 16.6 Å². The maximum atomic E-state index is 5.88. The Kier molecular flexibility index (Phi) is 12.4. The van der Waals surface area contributed by atoms with Crippen LogP contribution >= 0.6 is 32.4 Å². The maximum absolute atomic E-state index is 5.88. The van der Waals surface area contributed by atoms with Gasteiger partial charge in [0.15, 0.2) is 0 Å². The van der Waals surface area contributed by atoms with Gasteiger partial charge in [-0.3, -0.25) is 0 Å². The van der Waals surface area contributed by atoms with Gasteiger partial charge in [-0.15, -0.1) is 0 Å². The van der Waals surface area contributed by atoms with E-state index in [4.69, 9.17) is 8.92 Å². The van der Waals surface area contributed by atoms with Gasteiger partial charge in [-0.2, -0.15) is 0 Å². The molecular weight excluding hydrogens is 316 g/mol. The topological polar surface area (TPSA) is 12.0 Å². The first-order valence-corrected chi connectivity index (χ1v) is 11.9. The zero-order valence-corrected chi connectivity index (χ0v) is 12.8. The Hall–Kier alpha value is 1.75. The predicted molar refractivity (Wildman–Crippen MR) is 64.7 cm³/mol. The molecule has 5 heteroatoms. The summed E-state index contributed by atoms with van der Waals surface area (Å²) in [7, 11) is 7.87. The van der Waals surface area contributed by atoms with Gasteiger partial charge >= 0.3 is 98.8 Å². The van der Waals surface area contributed by atoms with E-state index in [0.717, 1.165) is 11.1 Å². The average Bonchev–Trinajstić information content (AvgIpc) is 2.06. The molecule has 1 unspecified atom stereocenters. The van der Waals surface area contributed by atoms with Crippen molar-refractivity contribution in [3.63, 3.8) is 0 Å². The summed E-state index contributed by atoms with van der Waals surface area (Å²) in [5.74, 6) is 3.54. The van der Waals surface area contributed by atoms with Gasteiger partial charge in [0.1, 0.15) is 0 Å². The molecule has 12 heavy (non-hydrogen) atoms. The molecule has 0 spiro atoms. The number of hydrogen-bond acceptors (Lipinski definition) is 3. The summed E-state index contributed by atoms with van der Waals surface area (Å²) in [4.78, 5) is 0. The van der Waals surface area contributed by atoms with Crippen LogP contribution < -0.4 is 5.32 Å². The molecule has 0 amide bonds. The van der Waals surface area contributed by atoms with E-state index < -0.39 is 20.0 Å². The van der Waals surface area contributed by atoms with Crippen molar-refractivity contribution in [1.82, 2.24) is 5.32 Å². The Balaban J connectivity index is 3.34. The first kappa shape index (κ1) is 13.7. The van der Waals surface area contributed by atoms with Gasteiger partial charge in [-0.25, -0.2) is 0 Å². The second-order valence-corrected chi connectivity index (χ2v) is 8.61. The van der Waals surface area contributed by atoms with Gasteiger partial charge in [0.2, 0.25) is 0 Å². The SMILES string of the molecule is CCSC(CSCNC)[CH2][Sn][Cl]. The van der Waals surface area contributed by atoms with E-state index in [1.165, 1.54) is 15.9 Å². The van der Waals surface area contributed by atoms with Crippen LogP contribution in [0.5, 0.6) is 0 Å². The fraction of sp³-hybridized carbons (Fsp3) is 1.00. The summed E-state index contributed by atoms with van der Waals surface area (Å²) < 4.78 is 1.31. The van der Waals surface area contributed by atoms with Gasteiger partial charge in [0.25, 0.3) is 0 Å². The van der Waals surface area contributed by atoms with Crippen LogP contribution in [-0.2, 0) is 0 Å². The van der Waals surface area contributed by atoms with Crippen LogP contribution in [0.1, 0.15) is 6.92 Å². The second-order valence-electron chi connectivity index (χ2n) is 2.28. The summed E-state index contributed by atoms with van der Waals surface area (Å²) in [6, 6.07) is 0. The van der Waals surface area contributed by atoms with E-state index in [-0.39, 0.29) is 0 Å². The molecule has 0 aliphatic heterocycles. The van der Waals surface area contributed by atoms with Gasteiger partial charge in [-0.05, 0) is 0 Å². The third kappa shape index (κ3) is 8.35. The van der Waals surface area contributed by atoms with Crippen LogP contribution in [0.3, 0.4) is 0 Å². The first-order valence-electron chi connectivity index (χ1n) is 4.02. The molecule has 0 bridgehead atoms. The summed E-state index contributed by atoms with van der Waals surface area (Å²) in [6.07, 6.45) is 0. The molecule has 0 saturated heterocycles. The molecule has 0 aliphatic rings. The monoisotopic (exact) mass is 333 g/mol. The van der Waals surface area contributed by atoms with Crippen molar-refractivity contribution in [2.24, 2.45) is 0 Å². The predicted octanol–water partition coefficient (Wildman–Crippen LogP) is 2.29. The standard InChI is InChI=1S/C7H16NS2.ClH.Sn/c1-4-10-7(2)5-9-6-8-3;;/h7-8H,2,4-6H2,1,3H3;1H;/q;;+1/p-1. The van der Waals surface area contributed by atoms with Gasteiger partial charge in [0, 0.05) is 0 Å². The first-order chi connectivity index (χ1) is 5.85. The minimum atomic E-state index is -0.508. The van der Waals surface area contributed by atoms with Crippen LogP contribution in [0.2, 0.25) is 4.44 Å². The average molecular weight is 333 g/mol. The van der Waals surface area contributed by atoms with Crippen molar-refractivity contribution in [3.05, 3.63) is 0 Å². The number of thioether (sulfide) groups is 2. The minimum absolute atomic E-state index is 0.508. The summed E-state index contributed by atoms with van der Waals surface area (Å²) >= 11 is 3.53. The van der Waals surface area contributed by atoms with E-state index in [1.807, 2.05) is 18.8 Å². The van der Waals surface area contributed by atoms with Crippen LogP contribution in [0.25, 0.3) is 0 Å². The van der Waals surface area contributed by atoms with Gasteiger partial charge in [0.05, 0.1) is 0 Å². The summed E-state index contributed by atoms with van der Waals surface area (Å²) in [6.45, 7) is 2.22. The molecule has 1 nitrogen and oxygen atoms in total. The van der Waals surface area contributed by atoms with Crippen LogP contribution in [0.15, 0.2) is 0 Å². The molecule has 0 aliphatic carbocycles. The van der Waals surface area contributed by atoms with Gasteiger partial charge in [-0.1, -0.05) is 0 Å². The molecule has 1 N–H and O–H groups in total. The zero-order valence-electron chi connectivity index (χ0n) is 7.60. The molecule has 0 aromatic carbocycles. The molecule has 2 radical (unpaired) electrons. The summed E-state index contributed by atoms with van der Waals surface area (Å²) in [5.41, 5.74) is 0.